The number of nitro groups is 1. The summed E-state index contributed by atoms with van der Waals surface area (Å²) in [4.78, 5) is 10.1. The van der Waals surface area contributed by atoms with Gasteiger partial charge in [0.15, 0.2) is 0 Å². The van der Waals surface area contributed by atoms with Crippen LogP contribution in [0.4, 0.5) is 5.69 Å². The van der Waals surface area contributed by atoms with Crippen LogP contribution in [-0.4, -0.2) is 28.4 Å². The van der Waals surface area contributed by atoms with Gasteiger partial charge >= 0.3 is 0 Å². The molecule has 0 fully saturated rings. The van der Waals surface area contributed by atoms with Crippen LogP contribution in [0.25, 0.3) is 0 Å². The first kappa shape index (κ1) is 11.9. The molecule has 1 aromatic rings. The molecule has 0 atom stereocenters. The van der Waals surface area contributed by atoms with E-state index in [0.29, 0.717) is 0 Å². The summed E-state index contributed by atoms with van der Waals surface area (Å²) in [5, 5.41) is 28.8. The molecule has 0 aliphatic rings. The molecule has 0 bridgehead atoms. The molecule has 0 aliphatic heterocycles. The quantitative estimate of drug-likeness (QED) is 0.605. The van der Waals surface area contributed by atoms with Gasteiger partial charge in [-0.3, -0.25) is 10.1 Å². The van der Waals surface area contributed by atoms with E-state index in [1.807, 2.05) is 0 Å². The maximum Gasteiger partial charge on any atom is 0.274 e. The second-order valence-electron chi connectivity index (χ2n) is 3.02. The van der Waals surface area contributed by atoms with Crippen molar-refractivity contribution in [2.75, 3.05) is 13.2 Å². The van der Waals surface area contributed by atoms with Crippen molar-refractivity contribution in [2.24, 2.45) is 0 Å². The molecule has 5 nitrogen and oxygen atoms in total. The molecule has 0 heterocycles. The number of halogens is 1. The van der Waals surface area contributed by atoms with Crippen molar-refractivity contribution in [3.63, 3.8) is 0 Å². The lowest BCUT2D eigenvalue weighted by Gasteiger charge is -2.11. The minimum atomic E-state index is -0.650. The van der Waals surface area contributed by atoms with E-state index in [-0.39, 0.29) is 29.5 Å². The van der Waals surface area contributed by atoms with Gasteiger partial charge in [-0.1, -0.05) is 17.7 Å². The van der Waals surface area contributed by atoms with Crippen LogP contribution in [0.2, 0.25) is 5.02 Å². The van der Waals surface area contributed by atoms with Crippen LogP contribution >= 0.6 is 11.6 Å². The van der Waals surface area contributed by atoms with Crippen LogP contribution in [0.15, 0.2) is 18.2 Å². The topological polar surface area (TPSA) is 83.6 Å². The summed E-state index contributed by atoms with van der Waals surface area (Å²) in [7, 11) is 0. The number of hydrogen-bond donors (Lipinski definition) is 2. The zero-order chi connectivity index (χ0) is 11.4. The Kier molecular flexibility index (Phi) is 4.02. The minimum Gasteiger partial charge on any atom is -0.396 e. The molecular formula is C9H10ClNO4. The molecule has 2 N–H and O–H groups in total. The number of aliphatic hydroxyl groups is 2. The summed E-state index contributed by atoms with van der Waals surface area (Å²) in [5.41, 5.74) is 0.102. The van der Waals surface area contributed by atoms with E-state index < -0.39 is 10.8 Å². The van der Waals surface area contributed by atoms with E-state index in [0.717, 1.165) is 0 Å². The second-order valence-corrected chi connectivity index (χ2v) is 3.46. The van der Waals surface area contributed by atoms with Crippen molar-refractivity contribution in [3.05, 3.63) is 38.9 Å². The zero-order valence-corrected chi connectivity index (χ0v) is 8.52. The lowest BCUT2D eigenvalue weighted by Crippen LogP contribution is -2.11. The third kappa shape index (κ3) is 2.65. The Balaban J connectivity index is 3.21. The van der Waals surface area contributed by atoms with E-state index in [1.165, 1.54) is 18.2 Å². The maximum atomic E-state index is 10.7. The molecule has 0 saturated heterocycles. The fourth-order valence-corrected chi connectivity index (χ4v) is 1.44. The van der Waals surface area contributed by atoms with Crippen LogP contribution in [0.5, 0.6) is 0 Å². The number of rotatable bonds is 4. The van der Waals surface area contributed by atoms with Gasteiger partial charge < -0.3 is 10.2 Å². The highest BCUT2D eigenvalue weighted by Crippen LogP contribution is 2.29. The third-order valence-electron chi connectivity index (χ3n) is 2.07. The molecule has 0 saturated carbocycles. The molecule has 0 unspecified atom stereocenters. The largest absolute Gasteiger partial charge is 0.396 e. The first-order chi connectivity index (χ1) is 7.10. The van der Waals surface area contributed by atoms with E-state index >= 15 is 0 Å². The highest BCUT2D eigenvalue weighted by Gasteiger charge is 2.21. The van der Waals surface area contributed by atoms with Crippen molar-refractivity contribution < 1.29 is 15.1 Å². The molecule has 0 spiro atoms. The Hall–Kier alpha value is -1.17. The van der Waals surface area contributed by atoms with Gasteiger partial charge in [-0.2, -0.15) is 0 Å². The fourth-order valence-electron chi connectivity index (χ4n) is 1.27. The monoisotopic (exact) mass is 231 g/mol. The molecule has 82 valence electrons. The van der Waals surface area contributed by atoms with E-state index in [1.54, 1.807) is 0 Å². The first-order valence-electron chi connectivity index (χ1n) is 4.25. The maximum absolute atomic E-state index is 10.7. The van der Waals surface area contributed by atoms with E-state index in [2.05, 4.69) is 0 Å². The normalized spacial score (nSPS) is 10.7. The summed E-state index contributed by atoms with van der Waals surface area (Å²) in [6.45, 7) is -0.696. The Morgan fingerprint density at radius 2 is 2.00 bits per heavy atom. The Bertz CT molecular complexity index is 365. The number of nitro benzene ring substituents is 1. The lowest BCUT2D eigenvalue weighted by atomic mass is 9.99. The summed E-state index contributed by atoms with van der Waals surface area (Å²) in [5.74, 6) is -0.650. The van der Waals surface area contributed by atoms with E-state index in [9.17, 15) is 10.1 Å². The molecule has 0 radical (unpaired) electrons. The zero-order valence-electron chi connectivity index (χ0n) is 7.76. The van der Waals surface area contributed by atoms with Gasteiger partial charge in [0.25, 0.3) is 5.69 Å². The summed E-state index contributed by atoms with van der Waals surface area (Å²) in [6, 6.07) is 4.13. The Morgan fingerprint density at radius 3 is 2.47 bits per heavy atom. The van der Waals surface area contributed by atoms with Crippen LogP contribution in [0, 0.1) is 10.1 Å². The standard InChI is InChI=1S/C9H10ClNO4/c10-7-1-2-8(6(4-12)5-13)9(3-7)11(14)15/h1-3,6,12-13H,4-5H2. The van der Waals surface area contributed by atoms with Gasteiger partial charge in [0.05, 0.1) is 18.1 Å². The predicted octanol–water partition coefficient (Wildman–Crippen LogP) is 1.32. The predicted molar refractivity (Wildman–Crippen MR) is 55.0 cm³/mol. The van der Waals surface area contributed by atoms with Crippen LogP contribution in [0.3, 0.4) is 0 Å². The highest BCUT2D eigenvalue weighted by atomic mass is 35.5. The third-order valence-corrected chi connectivity index (χ3v) is 2.30. The van der Waals surface area contributed by atoms with Crippen molar-refractivity contribution in [1.82, 2.24) is 0 Å². The van der Waals surface area contributed by atoms with Crippen molar-refractivity contribution >= 4 is 17.3 Å². The van der Waals surface area contributed by atoms with Gasteiger partial charge in [0.1, 0.15) is 0 Å². The highest BCUT2D eigenvalue weighted by molar-refractivity contribution is 6.30. The number of nitrogens with zero attached hydrogens (tertiary/aromatic N) is 1. The minimum absolute atomic E-state index is 0.185. The Morgan fingerprint density at radius 1 is 1.40 bits per heavy atom. The van der Waals surface area contributed by atoms with Crippen LogP contribution < -0.4 is 0 Å². The average molecular weight is 232 g/mol. The molecule has 0 aromatic heterocycles. The molecule has 0 aliphatic carbocycles. The lowest BCUT2D eigenvalue weighted by molar-refractivity contribution is -0.385. The van der Waals surface area contributed by atoms with Gasteiger partial charge in [-0.15, -0.1) is 0 Å². The van der Waals surface area contributed by atoms with Crippen molar-refractivity contribution in [1.29, 1.82) is 0 Å². The summed E-state index contributed by atoms with van der Waals surface area (Å²) < 4.78 is 0. The average Bonchev–Trinajstić information content (AvgIpc) is 2.21. The van der Waals surface area contributed by atoms with Gasteiger partial charge in [-0.05, 0) is 6.07 Å². The van der Waals surface area contributed by atoms with Crippen LogP contribution in [0.1, 0.15) is 11.5 Å². The number of aliphatic hydroxyl groups excluding tert-OH is 2. The van der Waals surface area contributed by atoms with Gasteiger partial charge in [0, 0.05) is 22.6 Å². The SMILES string of the molecule is O=[N+]([O-])c1cc(Cl)ccc1C(CO)CO. The van der Waals surface area contributed by atoms with Gasteiger partial charge in [0.2, 0.25) is 0 Å². The number of benzene rings is 1. The van der Waals surface area contributed by atoms with Gasteiger partial charge in [-0.25, -0.2) is 0 Å². The summed E-state index contributed by atoms with van der Waals surface area (Å²) >= 11 is 5.62. The molecule has 15 heavy (non-hydrogen) atoms. The molecular weight excluding hydrogens is 222 g/mol. The molecule has 0 amide bonds. The van der Waals surface area contributed by atoms with E-state index in [4.69, 9.17) is 21.8 Å². The number of hydrogen-bond acceptors (Lipinski definition) is 4. The molecule has 1 rings (SSSR count). The van der Waals surface area contributed by atoms with Crippen LogP contribution in [-0.2, 0) is 0 Å². The second kappa shape index (κ2) is 5.06. The first-order valence-corrected chi connectivity index (χ1v) is 4.63. The van der Waals surface area contributed by atoms with Crippen molar-refractivity contribution in [3.8, 4) is 0 Å². The molecule has 1 aromatic carbocycles. The fraction of sp³-hybridized carbons (Fsp3) is 0.333. The Labute approximate surface area is 91.1 Å². The van der Waals surface area contributed by atoms with Crippen molar-refractivity contribution in [2.45, 2.75) is 5.92 Å². The summed E-state index contributed by atoms with van der Waals surface area (Å²) in [6.07, 6.45) is 0. The smallest absolute Gasteiger partial charge is 0.274 e. The molecule has 6 heteroatoms.